The zero-order valence-electron chi connectivity index (χ0n) is 42.1. The molecule has 5 heterocycles. The predicted molar refractivity (Wildman–Crippen MR) is 266 cm³/mol. The number of aromatic nitrogens is 2. The number of nitrogens with one attached hydrogen (secondary N) is 2. The van der Waals surface area contributed by atoms with Crippen molar-refractivity contribution in [2.45, 2.75) is 104 Å². The Morgan fingerprint density at radius 2 is 1.78 bits per heavy atom. The van der Waals surface area contributed by atoms with E-state index in [0.717, 1.165) is 50.1 Å². The molecule has 2 fully saturated rings. The van der Waals surface area contributed by atoms with Gasteiger partial charge in [-0.05, 0) is 97.9 Å². The predicted octanol–water partition coefficient (Wildman–Crippen LogP) is 5.64. The highest BCUT2D eigenvalue weighted by atomic mass is 16.5. The van der Waals surface area contributed by atoms with Crippen molar-refractivity contribution >= 4 is 40.5 Å². The van der Waals surface area contributed by atoms with Crippen LogP contribution in [-0.2, 0) is 52.8 Å². The number of aryl methyl sites for hydroxylation is 1. The summed E-state index contributed by atoms with van der Waals surface area (Å²) in [5.41, 5.74) is 10.5. The lowest BCUT2D eigenvalue weighted by molar-refractivity contribution is -0.155. The number of ether oxygens (including phenoxy) is 2. The van der Waals surface area contributed by atoms with Crippen molar-refractivity contribution in [1.29, 1.82) is 0 Å². The summed E-state index contributed by atoms with van der Waals surface area (Å²) < 4.78 is 14.3. The van der Waals surface area contributed by atoms with Crippen LogP contribution in [0.4, 0.5) is 0 Å². The molecule has 69 heavy (non-hydrogen) atoms. The van der Waals surface area contributed by atoms with E-state index in [1.165, 1.54) is 14.8 Å². The molecule has 0 radical (unpaired) electrons. The molecule has 4 aromatic rings. The molecule has 4 amide bonds. The number of hydrogen-bond donors (Lipinski definition) is 2. The van der Waals surface area contributed by atoms with Gasteiger partial charge in [-0.3, -0.25) is 38.9 Å². The van der Waals surface area contributed by atoms with Gasteiger partial charge in [-0.25, -0.2) is 5.43 Å². The molecule has 2 aromatic carbocycles. The Hall–Kier alpha value is -6.08. The van der Waals surface area contributed by atoms with Crippen LogP contribution in [0.2, 0.25) is 0 Å². The molecule has 0 unspecified atom stereocenters. The first-order valence-corrected chi connectivity index (χ1v) is 24.4. The summed E-state index contributed by atoms with van der Waals surface area (Å²) in [5.74, 6) is 3.51. The second-order valence-corrected chi connectivity index (χ2v) is 20.3. The highest BCUT2D eigenvalue weighted by molar-refractivity contribution is 5.96. The first kappa shape index (κ1) is 50.8. The minimum atomic E-state index is -1.04. The summed E-state index contributed by atoms with van der Waals surface area (Å²) in [6.07, 6.45) is 3.70. The zero-order chi connectivity index (χ0) is 49.7. The van der Waals surface area contributed by atoms with E-state index in [0.29, 0.717) is 58.4 Å². The van der Waals surface area contributed by atoms with Crippen LogP contribution in [0, 0.1) is 29.1 Å². The average Bonchev–Trinajstić information content (AvgIpc) is 3.62. The number of cyclic esters (lactones) is 1. The summed E-state index contributed by atoms with van der Waals surface area (Å²) in [6, 6.07) is 16.0. The summed E-state index contributed by atoms with van der Waals surface area (Å²) in [7, 11) is 6.64. The largest absolute Gasteiger partial charge is 0.464 e. The number of fused-ring (bicyclic) bond motifs is 6. The second-order valence-electron chi connectivity index (χ2n) is 20.3. The van der Waals surface area contributed by atoms with Crippen LogP contribution >= 0.6 is 0 Å². The van der Waals surface area contributed by atoms with Crippen LogP contribution in [0.1, 0.15) is 83.7 Å². The third kappa shape index (κ3) is 11.5. The number of rotatable bonds is 11. The fraction of sp³-hybridized carbons (Fsp3) is 0.519. The lowest BCUT2D eigenvalue weighted by Gasteiger charge is -2.41. The molecule has 3 aliphatic heterocycles. The monoisotopic (exact) mass is 943 g/mol. The van der Waals surface area contributed by atoms with E-state index in [1.54, 1.807) is 34.4 Å². The SMILES string of the molecule is CCn1c(-c2cccnc2[C@H](C)OC)c2c3cc(ccc31)-c1cccc(c1)C[C@H](NC(=O)[C@H](CC(C)C)N(C)C(=O)C1CN(CC#CC(=O)N(C)C)C1)C(=O)N1CCC[C@H](N1)C(=O)OCC(C)(C)C2. The van der Waals surface area contributed by atoms with Crippen LogP contribution in [0.5, 0.6) is 0 Å². The van der Waals surface area contributed by atoms with Crippen LogP contribution in [0.25, 0.3) is 33.3 Å². The first-order chi connectivity index (χ1) is 32.9. The maximum Gasteiger partial charge on any atom is 0.324 e. The maximum absolute atomic E-state index is 14.8. The molecular formula is C54H70N8O7. The Morgan fingerprint density at radius 1 is 1.03 bits per heavy atom. The van der Waals surface area contributed by atoms with Crippen LogP contribution in [-0.4, -0.2) is 138 Å². The number of benzene rings is 2. The molecule has 2 saturated heterocycles. The van der Waals surface area contributed by atoms with Gasteiger partial charge >= 0.3 is 5.97 Å². The van der Waals surface area contributed by atoms with E-state index in [9.17, 15) is 24.0 Å². The fourth-order valence-corrected chi connectivity index (χ4v) is 9.78. The molecule has 368 valence electrons. The van der Waals surface area contributed by atoms with Crippen LogP contribution < -0.4 is 10.7 Å². The second kappa shape index (κ2) is 21.7. The van der Waals surface area contributed by atoms with Gasteiger partial charge in [0.05, 0.1) is 36.6 Å². The Labute approximate surface area is 407 Å². The molecule has 3 aliphatic rings. The number of pyridine rings is 1. The van der Waals surface area contributed by atoms with E-state index in [2.05, 4.69) is 84.3 Å². The van der Waals surface area contributed by atoms with Crippen molar-refractivity contribution in [3.8, 4) is 34.2 Å². The van der Waals surface area contributed by atoms with E-state index < -0.39 is 35.4 Å². The van der Waals surface area contributed by atoms with Gasteiger partial charge in [0.2, 0.25) is 11.8 Å². The highest BCUT2D eigenvalue weighted by Crippen LogP contribution is 2.42. The molecule has 2 N–H and O–H groups in total. The first-order valence-electron chi connectivity index (χ1n) is 24.4. The van der Waals surface area contributed by atoms with Gasteiger partial charge in [-0.1, -0.05) is 63.9 Å². The van der Waals surface area contributed by atoms with Gasteiger partial charge in [0.25, 0.3) is 11.8 Å². The molecule has 0 saturated carbocycles. The number of nitrogens with zero attached hydrogens (tertiary/aromatic N) is 6. The van der Waals surface area contributed by atoms with Crippen molar-refractivity contribution in [1.82, 2.24) is 40.0 Å². The van der Waals surface area contributed by atoms with Crippen molar-refractivity contribution < 1.29 is 33.4 Å². The third-order valence-electron chi connectivity index (χ3n) is 13.7. The van der Waals surface area contributed by atoms with Crippen molar-refractivity contribution in [3.63, 3.8) is 0 Å². The number of carbonyl (C=O) groups excluding carboxylic acids is 5. The lowest BCUT2D eigenvalue weighted by Crippen LogP contribution is -2.62. The molecule has 15 nitrogen and oxygen atoms in total. The highest BCUT2D eigenvalue weighted by Gasteiger charge is 2.40. The zero-order valence-corrected chi connectivity index (χ0v) is 42.1. The van der Waals surface area contributed by atoms with E-state index >= 15 is 0 Å². The molecular weight excluding hydrogens is 873 g/mol. The molecule has 0 aliphatic carbocycles. The van der Waals surface area contributed by atoms with Crippen molar-refractivity contribution in [2.75, 3.05) is 61.0 Å². The Morgan fingerprint density at radius 3 is 2.49 bits per heavy atom. The summed E-state index contributed by atoms with van der Waals surface area (Å²) in [5, 5.41) is 5.63. The fourth-order valence-electron chi connectivity index (χ4n) is 9.78. The number of carbonyl (C=O) groups is 5. The summed E-state index contributed by atoms with van der Waals surface area (Å²) in [6.45, 7) is 14.8. The minimum Gasteiger partial charge on any atom is -0.464 e. The average molecular weight is 943 g/mol. The van der Waals surface area contributed by atoms with Crippen LogP contribution in [0.15, 0.2) is 60.8 Å². The van der Waals surface area contributed by atoms with Crippen molar-refractivity contribution in [2.24, 2.45) is 17.3 Å². The Balaban J connectivity index is 1.24. The van der Waals surface area contributed by atoms with Gasteiger partial charge < -0.3 is 29.2 Å². The molecule has 15 heteroatoms. The van der Waals surface area contributed by atoms with Crippen molar-refractivity contribution in [3.05, 3.63) is 77.6 Å². The summed E-state index contributed by atoms with van der Waals surface area (Å²) in [4.78, 5) is 79.0. The number of hydrogen-bond acceptors (Lipinski definition) is 10. The quantitative estimate of drug-likeness (QED) is 0.142. The van der Waals surface area contributed by atoms with Gasteiger partial charge in [0.15, 0.2) is 0 Å². The minimum absolute atomic E-state index is 0.0556. The Bertz CT molecular complexity index is 2620. The number of methoxy groups -OCH3 is 1. The smallest absolute Gasteiger partial charge is 0.324 e. The van der Waals surface area contributed by atoms with Crippen LogP contribution in [0.3, 0.4) is 0 Å². The number of likely N-dealkylation sites (N-methyl/N-ethyl adjacent to an activating group) is 1. The standard InChI is InChI=1S/C54H70N8O7/c1-11-61-45-22-21-38-29-41(45)42(49(61)40-18-13-23-55-48(40)35(4)68-10)30-54(5,6)33-69-53(67)43-19-14-25-62(57-43)52(66)44(28-36-16-12-17-37(38)27-36)56-50(64)46(26-34(2)3)59(9)51(65)39-31-60(32-39)24-15-20-47(63)58(7)8/h12-13,16-18,21-23,27,29,34-35,39,43-44,46,57H,11,14,19,24-26,28,30-33H2,1-10H3,(H,56,64)/t35-,43-,44-,46-/m0/s1. The molecule has 6 bridgehead atoms. The molecule has 7 rings (SSSR count). The molecule has 0 spiro atoms. The van der Waals surface area contributed by atoms with Gasteiger partial charge in [-0.2, -0.15) is 0 Å². The van der Waals surface area contributed by atoms with Gasteiger partial charge in [0.1, 0.15) is 18.1 Å². The number of hydrazine groups is 1. The van der Waals surface area contributed by atoms with Gasteiger partial charge in [-0.15, -0.1) is 0 Å². The van der Waals surface area contributed by atoms with Gasteiger partial charge in [0, 0.05) is 88.9 Å². The molecule has 4 atom stereocenters. The summed E-state index contributed by atoms with van der Waals surface area (Å²) >= 11 is 0. The van der Waals surface area contributed by atoms with E-state index in [1.807, 2.05) is 43.9 Å². The topological polar surface area (TPSA) is 159 Å². The lowest BCUT2D eigenvalue weighted by atomic mass is 9.84. The van der Waals surface area contributed by atoms with E-state index in [4.69, 9.17) is 14.5 Å². The molecule has 2 aromatic heterocycles. The number of esters is 1. The van der Waals surface area contributed by atoms with E-state index in [-0.39, 0.29) is 48.7 Å². The number of likely N-dealkylation sites (tertiary alicyclic amines) is 1. The Kier molecular flexibility index (Phi) is 16.0. The number of amides is 4. The normalized spacial score (nSPS) is 19.7. The third-order valence-corrected chi connectivity index (χ3v) is 13.7. The maximum atomic E-state index is 14.8.